The number of likely N-dealkylation sites (N-methyl/N-ethyl adjacent to an activating group) is 2. The van der Waals surface area contributed by atoms with Gasteiger partial charge in [0.15, 0.2) is 5.65 Å². The molecule has 174 valence electrons. The molecule has 1 aromatic carbocycles. The summed E-state index contributed by atoms with van der Waals surface area (Å²) in [5, 5.41) is 18.5. The van der Waals surface area contributed by atoms with Gasteiger partial charge in [-0.05, 0) is 58.5 Å². The van der Waals surface area contributed by atoms with Crippen molar-refractivity contribution in [2.75, 3.05) is 45.2 Å². The van der Waals surface area contributed by atoms with Gasteiger partial charge in [-0.2, -0.15) is 10.4 Å². The summed E-state index contributed by atoms with van der Waals surface area (Å²) in [5.41, 5.74) is 5.39. The second-order valence-corrected chi connectivity index (χ2v) is 9.40. The van der Waals surface area contributed by atoms with E-state index in [1.165, 1.54) is 5.56 Å². The molecule has 1 aliphatic rings. The molecular formula is C26H35N7. The van der Waals surface area contributed by atoms with Gasteiger partial charge in [0.1, 0.15) is 0 Å². The molecule has 0 radical (unpaired) electrons. The van der Waals surface area contributed by atoms with Gasteiger partial charge in [0, 0.05) is 44.3 Å². The summed E-state index contributed by atoms with van der Waals surface area (Å²) in [4.78, 5) is 9.75. The Bertz CT molecular complexity index is 1130. The molecule has 2 aromatic heterocycles. The zero-order valence-corrected chi connectivity index (χ0v) is 20.3. The number of nitrogens with zero attached hydrogens (tertiary/aromatic N) is 6. The van der Waals surface area contributed by atoms with Gasteiger partial charge in [-0.25, -0.2) is 9.67 Å². The number of fused-ring (bicyclic) bond motifs is 1. The molecule has 1 fully saturated rings. The Labute approximate surface area is 197 Å². The van der Waals surface area contributed by atoms with Crippen molar-refractivity contribution in [3.63, 3.8) is 0 Å². The maximum absolute atomic E-state index is 9.52. The highest BCUT2D eigenvalue weighted by molar-refractivity contribution is 5.92. The van der Waals surface area contributed by atoms with Gasteiger partial charge in [-0.3, -0.25) is 0 Å². The van der Waals surface area contributed by atoms with E-state index in [1.54, 1.807) is 0 Å². The molecule has 0 aliphatic carbocycles. The molecule has 0 bridgehead atoms. The number of benzene rings is 1. The average molecular weight is 446 g/mol. The summed E-state index contributed by atoms with van der Waals surface area (Å²) >= 11 is 0. The van der Waals surface area contributed by atoms with Crippen LogP contribution in [0.25, 0.3) is 22.3 Å². The summed E-state index contributed by atoms with van der Waals surface area (Å²) in [6.45, 7) is 8.85. The second-order valence-electron chi connectivity index (χ2n) is 9.40. The lowest BCUT2D eigenvalue weighted by Crippen LogP contribution is -2.35. The minimum Gasteiger partial charge on any atom is -0.370 e. The molecule has 0 amide bonds. The van der Waals surface area contributed by atoms with Crippen LogP contribution in [0.4, 0.5) is 5.69 Å². The fourth-order valence-corrected chi connectivity index (χ4v) is 4.61. The van der Waals surface area contributed by atoms with Gasteiger partial charge in [-0.1, -0.05) is 18.2 Å². The predicted molar refractivity (Wildman–Crippen MR) is 134 cm³/mol. The second kappa shape index (κ2) is 10.3. The van der Waals surface area contributed by atoms with Crippen molar-refractivity contribution in [1.82, 2.24) is 25.0 Å². The Morgan fingerprint density at radius 2 is 2.15 bits per heavy atom. The quantitative estimate of drug-likeness (QED) is 0.563. The topological polar surface area (TPSA) is 73.0 Å². The van der Waals surface area contributed by atoms with E-state index < -0.39 is 0 Å². The van der Waals surface area contributed by atoms with E-state index in [4.69, 9.17) is 4.98 Å². The Hall–Kier alpha value is -2.95. The van der Waals surface area contributed by atoms with Crippen molar-refractivity contribution in [1.29, 1.82) is 5.26 Å². The normalized spacial score (nSPS) is 16.6. The standard InChI is InChI=1S/C26H35N7/c1-19(2)33-26-23(16-29-33)25(32-11-6-8-21(15-27)18-32)14-24(30-26)22-9-5-7-20(13-22)17-31(4)12-10-28-3/h5,7,9,13-14,16,19,21,28H,6,8,10-12,17-18H2,1-4H3. The largest absolute Gasteiger partial charge is 0.370 e. The lowest BCUT2D eigenvalue weighted by atomic mass is 9.98. The molecule has 4 rings (SSSR count). The third-order valence-electron chi connectivity index (χ3n) is 6.40. The van der Waals surface area contributed by atoms with Crippen molar-refractivity contribution in [3.05, 3.63) is 42.1 Å². The fourth-order valence-electron chi connectivity index (χ4n) is 4.61. The average Bonchev–Trinajstić information content (AvgIpc) is 3.27. The summed E-state index contributed by atoms with van der Waals surface area (Å²) in [5.74, 6) is 0.0713. The van der Waals surface area contributed by atoms with Crippen molar-refractivity contribution >= 4 is 16.7 Å². The van der Waals surface area contributed by atoms with E-state index in [2.05, 4.69) is 77.5 Å². The van der Waals surface area contributed by atoms with Crippen LogP contribution >= 0.6 is 0 Å². The van der Waals surface area contributed by atoms with E-state index in [0.29, 0.717) is 0 Å². The molecular weight excluding hydrogens is 410 g/mol. The monoisotopic (exact) mass is 445 g/mol. The maximum atomic E-state index is 9.52. The number of anilines is 1. The number of aromatic nitrogens is 3. The minimum atomic E-state index is 0.0713. The predicted octanol–water partition coefficient (Wildman–Crippen LogP) is 4.07. The van der Waals surface area contributed by atoms with E-state index >= 15 is 0 Å². The summed E-state index contributed by atoms with van der Waals surface area (Å²) < 4.78 is 2.00. The van der Waals surface area contributed by atoms with E-state index in [-0.39, 0.29) is 12.0 Å². The highest BCUT2D eigenvalue weighted by atomic mass is 15.3. The first-order valence-corrected chi connectivity index (χ1v) is 12.0. The van der Waals surface area contributed by atoms with E-state index in [9.17, 15) is 5.26 Å². The highest BCUT2D eigenvalue weighted by Gasteiger charge is 2.24. The zero-order valence-electron chi connectivity index (χ0n) is 20.3. The molecule has 7 heteroatoms. The first kappa shape index (κ1) is 23.2. The van der Waals surface area contributed by atoms with Crippen LogP contribution in [0.2, 0.25) is 0 Å². The molecule has 1 aliphatic heterocycles. The SMILES string of the molecule is CNCCN(C)Cc1cccc(-c2cc(N3CCCC(C#N)C3)c3cnn(C(C)C)c3n2)c1. The van der Waals surface area contributed by atoms with Crippen LogP contribution in [-0.2, 0) is 6.54 Å². The molecule has 1 unspecified atom stereocenters. The highest BCUT2D eigenvalue weighted by Crippen LogP contribution is 2.34. The molecule has 3 aromatic rings. The van der Waals surface area contributed by atoms with Crippen LogP contribution < -0.4 is 10.2 Å². The van der Waals surface area contributed by atoms with Gasteiger partial charge in [0.05, 0.1) is 35.0 Å². The zero-order chi connectivity index (χ0) is 23.4. The van der Waals surface area contributed by atoms with E-state index in [1.807, 2.05) is 17.9 Å². The number of pyridine rings is 1. The van der Waals surface area contributed by atoms with Crippen LogP contribution in [-0.4, -0.2) is 59.9 Å². The number of rotatable bonds is 8. The molecule has 0 spiro atoms. The molecule has 7 nitrogen and oxygen atoms in total. The first-order chi connectivity index (χ1) is 16.0. The molecule has 1 atom stereocenters. The van der Waals surface area contributed by atoms with Crippen LogP contribution in [0, 0.1) is 17.2 Å². The molecule has 0 saturated carbocycles. The van der Waals surface area contributed by atoms with Crippen molar-refractivity contribution in [3.8, 4) is 17.3 Å². The maximum Gasteiger partial charge on any atom is 0.160 e. The van der Waals surface area contributed by atoms with Gasteiger partial charge in [0.25, 0.3) is 0 Å². The Morgan fingerprint density at radius 1 is 1.30 bits per heavy atom. The third-order valence-corrected chi connectivity index (χ3v) is 6.40. The number of hydrogen-bond donors (Lipinski definition) is 1. The number of nitriles is 1. The number of hydrogen-bond acceptors (Lipinski definition) is 6. The molecule has 33 heavy (non-hydrogen) atoms. The van der Waals surface area contributed by atoms with Gasteiger partial charge in [0.2, 0.25) is 0 Å². The lowest BCUT2D eigenvalue weighted by Gasteiger charge is -2.32. The molecule has 3 heterocycles. The van der Waals surface area contributed by atoms with Crippen molar-refractivity contribution < 1.29 is 0 Å². The number of piperidine rings is 1. The Balaban J connectivity index is 1.74. The fraction of sp³-hybridized carbons (Fsp3) is 0.500. The van der Waals surface area contributed by atoms with Gasteiger partial charge < -0.3 is 15.1 Å². The van der Waals surface area contributed by atoms with Crippen LogP contribution in [0.1, 0.15) is 38.3 Å². The number of nitrogens with one attached hydrogen (secondary N) is 1. The molecule has 1 N–H and O–H groups in total. The molecule has 1 saturated heterocycles. The van der Waals surface area contributed by atoms with Crippen molar-refractivity contribution in [2.24, 2.45) is 5.92 Å². The minimum absolute atomic E-state index is 0.0713. The van der Waals surface area contributed by atoms with Gasteiger partial charge in [-0.15, -0.1) is 0 Å². The van der Waals surface area contributed by atoms with E-state index in [0.717, 1.165) is 73.5 Å². The smallest absolute Gasteiger partial charge is 0.160 e. The Morgan fingerprint density at radius 3 is 2.91 bits per heavy atom. The summed E-state index contributed by atoms with van der Waals surface area (Å²) in [6.07, 6.45) is 3.94. The van der Waals surface area contributed by atoms with Gasteiger partial charge >= 0.3 is 0 Å². The lowest BCUT2D eigenvalue weighted by molar-refractivity contribution is 0.328. The van der Waals surface area contributed by atoms with Crippen molar-refractivity contribution in [2.45, 2.75) is 39.3 Å². The van der Waals surface area contributed by atoms with Crippen LogP contribution in [0.15, 0.2) is 36.5 Å². The Kier molecular flexibility index (Phi) is 7.26. The summed E-state index contributed by atoms with van der Waals surface area (Å²) in [6, 6.07) is 13.6. The third kappa shape index (κ3) is 5.18. The first-order valence-electron chi connectivity index (χ1n) is 12.0. The van der Waals surface area contributed by atoms with Crippen LogP contribution in [0.3, 0.4) is 0 Å². The summed E-state index contributed by atoms with van der Waals surface area (Å²) in [7, 11) is 4.13. The van der Waals surface area contributed by atoms with Crippen LogP contribution in [0.5, 0.6) is 0 Å².